The number of hydrogen-bond donors (Lipinski definition) is 0. The molecule has 0 aliphatic carbocycles. The number of aryl methyl sites for hydroxylation is 1. The van der Waals surface area contributed by atoms with Crippen LogP contribution in [0.1, 0.15) is 25.8 Å². The van der Waals surface area contributed by atoms with Gasteiger partial charge in [-0.25, -0.2) is 0 Å². The first kappa shape index (κ1) is 14.1. The first-order chi connectivity index (χ1) is 8.02. The van der Waals surface area contributed by atoms with Crippen molar-refractivity contribution in [2.45, 2.75) is 37.3 Å². The zero-order valence-corrected chi connectivity index (χ0v) is 11.7. The number of esters is 1. The average molecular weight is 252 g/mol. The van der Waals surface area contributed by atoms with Gasteiger partial charge in [0, 0.05) is 10.1 Å². The van der Waals surface area contributed by atoms with Gasteiger partial charge in [-0.3, -0.25) is 4.79 Å². The van der Waals surface area contributed by atoms with E-state index in [2.05, 4.69) is 38.1 Å². The van der Waals surface area contributed by atoms with Gasteiger partial charge < -0.3 is 4.74 Å². The minimum atomic E-state index is -0.124. The van der Waals surface area contributed by atoms with Crippen LogP contribution in [0.15, 0.2) is 29.2 Å². The molecule has 0 fully saturated rings. The van der Waals surface area contributed by atoms with Crippen LogP contribution in [0.2, 0.25) is 0 Å². The van der Waals surface area contributed by atoms with E-state index in [1.54, 1.807) is 11.8 Å². The summed E-state index contributed by atoms with van der Waals surface area (Å²) >= 11 is 1.80. The normalized spacial score (nSPS) is 14.1. The van der Waals surface area contributed by atoms with Crippen LogP contribution in [0.25, 0.3) is 0 Å². The Morgan fingerprint density at radius 1 is 1.29 bits per heavy atom. The second-order valence-electron chi connectivity index (χ2n) is 4.40. The highest BCUT2D eigenvalue weighted by Gasteiger charge is 2.17. The fourth-order valence-electron chi connectivity index (χ4n) is 1.69. The summed E-state index contributed by atoms with van der Waals surface area (Å²) in [6.07, 6.45) is 0.839. The molecule has 1 aromatic rings. The maximum absolute atomic E-state index is 11.3. The summed E-state index contributed by atoms with van der Waals surface area (Å²) in [5.41, 5.74) is 1.27. The molecule has 0 aliphatic heterocycles. The van der Waals surface area contributed by atoms with Crippen molar-refractivity contribution in [1.82, 2.24) is 0 Å². The molecule has 1 aromatic carbocycles. The van der Waals surface area contributed by atoms with Gasteiger partial charge >= 0.3 is 5.97 Å². The van der Waals surface area contributed by atoms with E-state index < -0.39 is 0 Å². The number of thioether (sulfide) groups is 1. The third-order valence-corrected chi connectivity index (χ3v) is 3.79. The fraction of sp³-hybridized carbons (Fsp3) is 0.500. The van der Waals surface area contributed by atoms with E-state index in [1.807, 2.05) is 6.92 Å². The average Bonchev–Trinajstić information content (AvgIpc) is 2.30. The van der Waals surface area contributed by atoms with E-state index in [4.69, 9.17) is 4.74 Å². The van der Waals surface area contributed by atoms with Crippen molar-refractivity contribution in [1.29, 1.82) is 0 Å². The van der Waals surface area contributed by atoms with Crippen molar-refractivity contribution in [3.05, 3.63) is 29.8 Å². The molecular formula is C14H20O2S. The van der Waals surface area contributed by atoms with Crippen LogP contribution in [0, 0.1) is 12.8 Å². The smallest absolute Gasteiger partial charge is 0.308 e. The van der Waals surface area contributed by atoms with E-state index in [0.717, 1.165) is 6.42 Å². The van der Waals surface area contributed by atoms with Crippen molar-refractivity contribution >= 4 is 17.7 Å². The van der Waals surface area contributed by atoms with Gasteiger partial charge in [0.25, 0.3) is 0 Å². The Kier molecular flexibility index (Phi) is 5.56. The first-order valence-electron chi connectivity index (χ1n) is 5.84. The van der Waals surface area contributed by atoms with Crippen LogP contribution in [0.5, 0.6) is 0 Å². The number of carbonyl (C=O) groups excluding carboxylic acids is 1. The summed E-state index contributed by atoms with van der Waals surface area (Å²) in [4.78, 5) is 12.6. The highest BCUT2D eigenvalue weighted by Crippen LogP contribution is 2.27. The molecule has 17 heavy (non-hydrogen) atoms. The zero-order chi connectivity index (χ0) is 12.8. The Bertz CT molecular complexity index is 359. The van der Waals surface area contributed by atoms with Crippen molar-refractivity contribution in [3.63, 3.8) is 0 Å². The molecule has 0 heterocycles. The molecule has 3 heteroatoms. The minimum absolute atomic E-state index is 0.0343. The van der Waals surface area contributed by atoms with Gasteiger partial charge in [-0.05, 0) is 25.5 Å². The molecule has 1 rings (SSSR count). The molecule has 0 saturated heterocycles. The highest BCUT2D eigenvalue weighted by atomic mass is 32.2. The Hall–Kier alpha value is -0.960. The van der Waals surface area contributed by atoms with Gasteiger partial charge in [0.2, 0.25) is 0 Å². The number of benzene rings is 1. The molecule has 0 spiro atoms. The Morgan fingerprint density at radius 2 is 1.88 bits per heavy atom. The van der Waals surface area contributed by atoms with Crippen LogP contribution in [-0.2, 0) is 9.53 Å². The predicted molar refractivity (Wildman–Crippen MR) is 72.3 cm³/mol. The quantitative estimate of drug-likeness (QED) is 0.591. The number of methoxy groups -OCH3 is 1. The lowest BCUT2D eigenvalue weighted by Gasteiger charge is -2.15. The van der Waals surface area contributed by atoms with Crippen molar-refractivity contribution in [2.24, 2.45) is 5.92 Å². The van der Waals surface area contributed by atoms with Crippen LogP contribution < -0.4 is 0 Å². The van der Waals surface area contributed by atoms with Gasteiger partial charge in [-0.1, -0.05) is 31.5 Å². The summed E-state index contributed by atoms with van der Waals surface area (Å²) < 4.78 is 4.73. The van der Waals surface area contributed by atoms with E-state index in [9.17, 15) is 4.79 Å². The lowest BCUT2D eigenvalue weighted by atomic mass is 10.1. The Labute approximate surface area is 108 Å². The minimum Gasteiger partial charge on any atom is -0.469 e. The predicted octanol–water partition coefficient (Wildman–Crippen LogP) is 3.67. The van der Waals surface area contributed by atoms with Crippen LogP contribution >= 0.6 is 11.8 Å². The maximum atomic E-state index is 11.3. The van der Waals surface area contributed by atoms with Crippen LogP contribution in [0.4, 0.5) is 0 Å². The van der Waals surface area contributed by atoms with E-state index in [-0.39, 0.29) is 11.9 Å². The van der Waals surface area contributed by atoms with E-state index >= 15 is 0 Å². The molecule has 0 N–H and O–H groups in total. The molecule has 2 nitrogen and oxygen atoms in total. The number of ether oxygens (including phenoxy) is 1. The fourth-order valence-corrected chi connectivity index (χ4v) is 2.84. The molecule has 0 saturated carbocycles. The molecule has 0 radical (unpaired) electrons. The second-order valence-corrected chi connectivity index (χ2v) is 5.91. The molecule has 0 bridgehead atoms. The van der Waals surface area contributed by atoms with Crippen LogP contribution in [-0.4, -0.2) is 18.3 Å². The lowest BCUT2D eigenvalue weighted by molar-refractivity contribution is -0.145. The first-order valence-corrected chi connectivity index (χ1v) is 6.72. The van der Waals surface area contributed by atoms with E-state index in [0.29, 0.717) is 5.25 Å². The van der Waals surface area contributed by atoms with Gasteiger partial charge in [0.15, 0.2) is 0 Å². The molecule has 0 aromatic heterocycles. The molecule has 94 valence electrons. The maximum Gasteiger partial charge on any atom is 0.308 e. The molecular weight excluding hydrogens is 232 g/mol. The molecule has 2 unspecified atom stereocenters. The number of hydrogen-bond acceptors (Lipinski definition) is 3. The van der Waals surface area contributed by atoms with Crippen molar-refractivity contribution in [2.75, 3.05) is 7.11 Å². The van der Waals surface area contributed by atoms with Gasteiger partial charge in [-0.2, -0.15) is 0 Å². The van der Waals surface area contributed by atoms with Crippen molar-refractivity contribution < 1.29 is 9.53 Å². The monoisotopic (exact) mass is 252 g/mol. The standard InChI is InChI=1S/C14H20O2S/c1-10-5-7-13(8-6-10)17-12(3)9-11(2)14(15)16-4/h5-8,11-12H,9H2,1-4H3. The summed E-state index contributed by atoms with van der Waals surface area (Å²) in [7, 11) is 1.44. The van der Waals surface area contributed by atoms with Crippen molar-refractivity contribution in [3.8, 4) is 0 Å². The van der Waals surface area contributed by atoms with Crippen LogP contribution in [0.3, 0.4) is 0 Å². The highest BCUT2D eigenvalue weighted by molar-refractivity contribution is 7.99. The summed E-state index contributed by atoms with van der Waals surface area (Å²) in [6.45, 7) is 6.14. The SMILES string of the molecule is COC(=O)C(C)CC(C)Sc1ccc(C)cc1. The number of rotatable bonds is 5. The largest absolute Gasteiger partial charge is 0.469 e. The Balaban J connectivity index is 2.46. The summed E-state index contributed by atoms with van der Waals surface area (Å²) in [5.74, 6) is -0.158. The van der Waals surface area contributed by atoms with Gasteiger partial charge in [-0.15, -0.1) is 11.8 Å². The number of carbonyl (C=O) groups is 1. The topological polar surface area (TPSA) is 26.3 Å². The summed E-state index contributed by atoms with van der Waals surface area (Å²) in [5, 5.41) is 0.409. The Morgan fingerprint density at radius 3 is 2.41 bits per heavy atom. The molecule has 0 amide bonds. The third kappa shape index (κ3) is 4.82. The lowest BCUT2D eigenvalue weighted by Crippen LogP contribution is -2.16. The third-order valence-electron chi connectivity index (χ3n) is 2.65. The zero-order valence-electron chi connectivity index (χ0n) is 10.9. The second kappa shape index (κ2) is 6.70. The van der Waals surface area contributed by atoms with Gasteiger partial charge in [0.05, 0.1) is 13.0 Å². The van der Waals surface area contributed by atoms with Gasteiger partial charge in [0.1, 0.15) is 0 Å². The summed E-state index contributed by atoms with van der Waals surface area (Å²) in [6, 6.07) is 8.47. The van der Waals surface area contributed by atoms with E-state index in [1.165, 1.54) is 17.6 Å². The molecule has 2 atom stereocenters. The molecule has 0 aliphatic rings.